The summed E-state index contributed by atoms with van der Waals surface area (Å²) in [5, 5.41) is 2.90. The van der Waals surface area contributed by atoms with Crippen molar-refractivity contribution in [1.29, 1.82) is 0 Å². The van der Waals surface area contributed by atoms with Crippen LogP contribution < -0.4 is 5.32 Å². The predicted molar refractivity (Wildman–Crippen MR) is 75.9 cm³/mol. The lowest BCUT2D eigenvalue weighted by molar-refractivity contribution is 0.220. The molecule has 1 heterocycles. The summed E-state index contributed by atoms with van der Waals surface area (Å²) in [6.07, 6.45) is 3.48. The Hall–Kier alpha value is -2.36. The summed E-state index contributed by atoms with van der Waals surface area (Å²) >= 11 is 0. The standard InChI is InChI=1S/C15H17N3O/c1-12-6-3-4-8-14(12)17-15(19)18(2)11-13-7-5-9-16-10-13/h3-10H,11H2,1-2H3,(H,17,19). The van der Waals surface area contributed by atoms with Gasteiger partial charge in [0.1, 0.15) is 0 Å². The molecule has 2 aromatic rings. The second kappa shape index (κ2) is 6.00. The summed E-state index contributed by atoms with van der Waals surface area (Å²) in [7, 11) is 1.76. The van der Waals surface area contributed by atoms with E-state index in [0.29, 0.717) is 6.54 Å². The zero-order chi connectivity index (χ0) is 13.7. The van der Waals surface area contributed by atoms with Crippen LogP contribution in [0, 0.1) is 6.92 Å². The zero-order valence-corrected chi connectivity index (χ0v) is 11.1. The van der Waals surface area contributed by atoms with Gasteiger partial charge in [0, 0.05) is 31.7 Å². The number of nitrogens with one attached hydrogen (secondary N) is 1. The first-order valence-corrected chi connectivity index (χ1v) is 6.13. The van der Waals surface area contributed by atoms with E-state index in [1.165, 1.54) is 0 Å². The Kier molecular flexibility index (Phi) is 4.13. The summed E-state index contributed by atoms with van der Waals surface area (Å²) in [4.78, 5) is 17.7. The van der Waals surface area contributed by atoms with E-state index in [0.717, 1.165) is 16.8 Å². The lowest BCUT2D eigenvalue weighted by Gasteiger charge is -2.18. The van der Waals surface area contributed by atoms with Crippen LogP contribution in [0.1, 0.15) is 11.1 Å². The first kappa shape index (κ1) is 13.1. The number of benzene rings is 1. The monoisotopic (exact) mass is 255 g/mol. The fraction of sp³-hybridized carbons (Fsp3) is 0.200. The van der Waals surface area contributed by atoms with Gasteiger partial charge in [-0.15, -0.1) is 0 Å². The number of anilines is 1. The number of rotatable bonds is 3. The molecule has 2 rings (SSSR count). The Morgan fingerprint density at radius 2 is 2.05 bits per heavy atom. The maximum Gasteiger partial charge on any atom is 0.321 e. The lowest BCUT2D eigenvalue weighted by atomic mass is 10.2. The smallest absolute Gasteiger partial charge is 0.321 e. The lowest BCUT2D eigenvalue weighted by Crippen LogP contribution is -2.31. The first-order valence-electron chi connectivity index (χ1n) is 6.13. The van der Waals surface area contributed by atoms with Gasteiger partial charge in [-0.05, 0) is 30.2 Å². The number of aryl methyl sites for hydroxylation is 1. The number of para-hydroxylation sites is 1. The van der Waals surface area contributed by atoms with E-state index in [-0.39, 0.29) is 6.03 Å². The fourth-order valence-electron chi connectivity index (χ4n) is 1.76. The van der Waals surface area contributed by atoms with Crippen LogP contribution in [-0.2, 0) is 6.54 Å². The first-order chi connectivity index (χ1) is 9.16. The van der Waals surface area contributed by atoms with Crippen molar-refractivity contribution >= 4 is 11.7 Å². The Labute approximate surface area is 113 Å². The van der Waals surface area contributed by atoms with E-state index in [2.05, 4.69) is 10.3 Å². The van der Waals surface area contributed by atoms with Crippen LogP contribution in [0.3, 0.4) is 0 Å². The van der Waals surface area contributed by atoms with Crippen molar-refractivity contribution in [2.75, 3.05) is 12.4 Å². The third kappa shape index (κ3) is 3.55. The maximum absolute atomic E-state index is 12.1. The molecular weight excluding hydrogens is 238 g/mol. The SMILES string of the molecule is Cc1ccccc1NC(=O)N(C)Cc1cccnc1. The Morgan fingerprint density at radius 1 is 1.26 bits per heavy atom. The van der Waals surface area contributed by atoms with E-state index < -0.39 is 0 Å². The number of hydrogen-bond acceptors (Lipinski definition) is 2. The molecule has 0 fully saturated rings. The second-order valence-electron chi connectivity index (χ2n) is 4.46. The molecule has 0 saturated heterocycles. The Bertz CT molecular complexity index is 554. The molecule has 0 aliphatic rings. The molecule has 19 heavy (non-hydrogen) atoms. The number of carbonyl (C=O) groups excluding carboxylic acids is 1. The van der Waals surface area contributed by atoms with E-state index >= 15 is 0 Å². The van der Waals surface area contributed by atoms with Gasteiger partial charge in [0.2, 0.25) is 0 Å². The molecule has 0 bridgehead atoms. The van der Waals surface area contributed by atoms with Crippen LogP contribution in [0.15, 0.2) is 48.8 Å². The number of pyridine rings is 1. The van der Waals surface area contributed by atoms with Crippen LogP contribution in [0.4, 0.5) is 10.5 Å². The maximum atomic E-state index is 12.1. The molecule has 1 aromatic carbocycles. The molecule has 1 aromatic heterocycles. The minimum atomic E-state index is -0.127. The van der Waals surface area contributed by atoms with Gasteiger partial charge >= 0.3 is 6.03 Å². The van der Waals surface area contributed by atoms with Crippen molar-refractivity contribution in [3.8, 4) is 0 Å². The average molecular weight is 255 g/mol. The molecule has 0 spiro atoms. The summed E-state index contributed by atoms with van der Waals surface area (Å²) in [6, 6.07) is 11.4. The van der Waals surface area contributed by atoms with E-state index in [1.807, 2.05) is 43.3 Å². The fourth-order valence-corrected chi connectivity index (χ4v) is 1.76. The Morgan fingerprint density at radius 3 is 2.74 bits per heavy atom. The van der Waals surface area contributed by atoms with Crippen molar-refractivity contribution in [3.05, 3.63) is 59.9 Å². The minimum absolute atomic E-state index is 0.127. The molecule has 0 atom stereocenters. The third-order valence-electron chi connectivity index (χ3n) is 2.88. The summed E-state index contributed by atoms with van der Waals surface area (Å²) in [6.45, 7) is 2.50. The summed E-state index contributed by atoms with van der Waals surface area (Å²) in [5.74, 6) is 0. The summed E-state index contributed by atoms with van der Waals surface area (Å²) in [5.41, 5.74) is 2.89. The average Bonchev–Trinajstić information content (AvgIpc) is 2.42. The molecule has 2 amide bonds. The molecule has 0 radical (unpaired) electrons. The third-order valence-corrected chi connectivity index (χ3v) is 2.88. The minimum Gasteiger partial charge on any atom is -0.323 e. The molecule has 0 aliphatic heterocycles. The number of nitrogens with zero attached hydrogens (tertiary/aromatic N) is 2. The van der Waals surface area contributed by atoms with Crippen LogP contribution >= 0.6 is 0 Å². The van der Waals surface area contributed by atoms with Gasteiger partial charge in [-0.3, -0.25) is 4.98 Å². The highest BCUT2D eigenvalue weighted by Crippen LogP contribution is 2.14. The van der Waals surface area contributed by atoms with Crippen molar-refractivity contribution in [2.24, 2.45) is 0 Å². The highest BCUT2D eigenvalue weighted by molar-refractivity contribution is 5.89. The number of amides is 2. The van der Waals surface area contributed by atoms with Gasteiger partial charge in [-0.25, -0.2) is 4.79 Å². The number of hydrogen-bond donors (Lipinski definition) is 1. The predicted octanol–water partition coefficient (Wildman–Crippen LogP) is 3.05. The highest BCUT2D eigenvalue weighted by atomic mass is 16.2. The molecule has 0 unspecified atom stereocenters. The highest BCUT2D eigenvalue weighted by Gasteiger charge is 2.10. The van der Waals surface area contributed by atoms with Crippen LogP contribution in [-0.4, -0.2) is 23.0 Å². The van der Waals surface area contributed by atoms with Gasteiger partial charge in [0.25, 0.3) is 0 Å². The van der Waals surface area contributed by atoms with Gasteiger partial charge in [0.05, 0.1) is 0 Å². The van der Waals surface area contributed by atoms with Crippen molar-refractivity contribution in [2.45, 2.75) is 13.5 Å². The second-order valence-corrected chi connectivity index (χ2v) is 4.46. The Balaban J connectivity index is 1.99. The van der Waals surface area contributed by atoms with Crippen molar-refractivity contribution < 1.29 is 4.79 Å². The van der Waals surface area contributed by atoms with E-state index in [4.69, 9.17) is 0 Å². The quantitative estimate of drug-likeness (QED) is 0.916. The molecule has 0 aliphatic carbocycles. The molecule has 1 N–H and O–H groups in total. The molecular formula is C15H17N3O. The van der Waals surface area contributed by atoms with Crippen LogP contribution in [0.5, 0.6) is 0 Å². The topological polar surface area (TPSA) is 45.2 Å². The number of urea groups is 1. The largest absolute Gasteiger partial charge is 0.323 e. The van der Waals surface area contributed by atoms with Crippen LogP contribution in [0.2, 0.25) is 0 Å². The summed E-state index contributed by atoms with van der Waals surface area (Å²) < 4.78 is 0. The zero-order valence-electron chi connectivity index (χ0n) is 11.1. The molecule has 4 nitrogen and oxygen atoms in total. The molecule has 0 saturated carbocycles. The van der Waals surface area contributed by atoms with Crippen molar-refractivity contribution in [3.63, 3.8) is 0 Å². The van der Waals surface area contributed by atoms with Gasteiger partial charge in [0.15, 0.2) is 0 Å². The van der Waals surface area contributed by atoms with Gasteiger partial charge in [-0.2, -0.15) is 0 Å². The molecule has 98 valence electrons. The van der Waals surface area contributed by atoms with E-state index in [9.17, 15) is 4.79 Å². The van der Waals surface area contributed by atoms with Crippen molar-refractivity contribution in [1.82, 2.24) is 9.88 Å². The number of carbonyl (C=O) groups is 1. The normalized spacial score (nSPS) is 10.0. The van der Waals surface area contributed by atoms with Gasteiger partial charge < -0.3 is 10.2 Å². The van der Waals surface area contributed by atoms with Gasteiger partial charge in [-0.1, -0.05) is 24.3 Å². The van der Waals surface area contributed by atoms with E-state index in [1.54, 1.807) is 24.3 Å². The molecule has 4 heteroatoms. The number of aromatic nitrogens is 1. The van der Waals surface area contributed by atoms with Crippen LogP contribution in [0.25, 0.3) is 0 Å².